The number of allylic oxidation sites excluding steroid dienone is 1. The number of nitrogens with zero attached hydrogens (tertiary/aromatic N) is 2. The van der Waals surface area contributed by atoms with E-state index in [9.17, 15) is 14.4 Å². The van der Waals surface area contributed by atoms with Crippen molar-refractivity contribution in [2.45, 2.75) is 225 Å². The van der Waals surface area contributed by atoms with Crippen LogP contribution in [0.2, 0.25) is 0 Å². The van der Waals surface area contributed by atoms with Crippen molar-refractivity contribution in [1.82, 2.24) is 15.1 Å². The van der Waals surface area contributed by atoms with Gasteiger partial charge in [0.1, 0.15) is 5.76 Å². The topological polar surface area (TPSA) is 119 Å². The number of unbranched alkanes of at least 4 members (excludes halogenated alkanes) is 29. The minimum absolute atomic E-state index is 0.220. The fraction of sp³-hybridized carbons (Fsp3) is 0.707. The molecule has 0 aliphatic heterocycles. The molecule has 2 amide bonds. The Kier molecular flexibility index (Phi) is 58.9. The van der Waals surface area contributed by atoms with Crippen LogP contribution in [0.25, 0.3) is 0 Å². The third-order valence-corrected chi connectivity index (χ3v) is 11.7. The number of rotatable bonds is 50. The maximum Gasteiger partial charge on any atom is 0.303 e. The lowest BCUT2D eigenvalue weighted by atomic mass is 10.0. The predicted octanol–water partition coefficient (Wildman–Crippen LogP) is 16.1. The highest BCUT2D eigenvalue weighted by Gasteiger charge is 2.11. The number of hydrogen-bond acceptors (Lipinski definition) is 6. The first-order chi connectivity index (χ1) is 32.7. The van der Waals surface area contributed by atoms with Gasteiger partial charge in [-0.2, -0.15) is 0 Å². The molecule has 0 aliphatic carbocycles. The highest BCUT2D eigenvalue weighted by Crippen LogP contribution is 2.17. The summed E-state index contributed by atoms with van der Waals surface area (Å²) in [5.74, 6) is 0.238. The van der Waals surface area contributed by atoms with Gasteiger partial charge in [0.25, 0.3) is 0 Å². The van der Waals surface area contributed by atoms with Crippen LogP contribution in [0.1, 0.15) is 225 Å². The number of nitrogens with one attached hydrogen (secondary N) is 1. The predicted molar refractivity (Wildman–Crippen MR) is 289 cm³/mol. The second kappa shape index (κ2) is 58.4. The van der Waals surface area contributed by atoms with Crippen LogP contribution in [0, 0.1) is 0 Å². The zero-order chi connectivity index (χ0) is 50.1. The molecule has 0 bridgehead atoms. The Hall–Kier alpha value is -3.69. The molecule has 0 aliphatic rings. The quantitative estimate of drug-likeness (QED) is 0.0183. The summed E-state index contributed by atoms with van der Waals surface area (Å²) in [5.41, 5.74) is 0. The van der Waals surface area contributed by atoms with Crippen LogP contribution in [0.4, 0.5) is 0 Å². The Balaban J connectivity index is -0.00000113. The third-order valence-electron chi connectivity index (χ3n) is 11.7. The summed E-state index contributed by atoms with van der Waals surface area (Å²) < 4.78 is 0. The number of amides is 2. The van der Waals surface area contributed by atoms with E-state index in [1.807, 2.05) is 22.0 Å². The normalized spacial score (nSPS) is 10.3. The van der Waals surface area contributed by atoms with Crippen LogP contribution in [0.3, 0.4) is 0 Å². The van der Waals surface area contributed by atoms with E-state index >= 15 is 0 Å². The molecule has 0 aromatic carbocycles. The molecular formula is C58H105N3O6. The lowest BCUT2D eigenvalue weighted by Gasteiger charge is -2.19. The summed E-state index contributed by atoms with van der Waals surface area (Å²) >= 11 is 0. The monoisotopic (exact) mass is 940 g/mol. The highest BCUT2D eigenvalue weighted by atomic mass is 17.1. The number of carboxylic acid groups (broad SMARTS) is 1. The third kappa shape index (κ3) is 56.5. The Morgan fingerprint density at radius 1 is 0.373 bits per heavy atom. The summed E-state index contributed by atoms with van der Waals surface area (Å²) in [4.78, 5) is 42.4. The summed E-state index contributed by atoms with van der Waals surface area (Å²) in [7, 11) is 0. The molecule has 0 saturated carbocycles. The standard InChI is InChI=1S/C32H56N2O2.C20H38O4.C6H11N/c1-5-27-33(28-6-2)31(35)25-23-21-19-17-15-13-11-9-10-12-14-16-18-20-22-24-26-32(36)34(29-7-3)30-8-4;1-19(24-23)17-15-13-11-9-7-5-3-2-4-6-8-10-12-14-16-18-20(21)22;1-3-5-7-6-4-2/h5-8H,1-4,9-30H2;23H,1-18H2,(H,21,22);3-4,7H,1-2,5-6H2. The molecule has 67 heavy (non-hydrogen) atoms. The van der Waals surface area contributed by atoms with Gasteiger partial charge in [-0.15, -0.1) is 39.5 Å². The van der Waals surface area contributed by atoms with Gasteiger partial charge in [0.15, 0.2) is 0 Å². The molecule has 0 aromatic heterocycles. The van der Waals surface area contributed by atoms with Crippen molar-refractivity contribution < 1.29 is 29.6 Å². The maximum atomic E-state index is 12.2. The summed E-state index contributed by atoms with van der Waals surface area (Å²) in [5, 5.41) is 20.0. The number of carbonyl (C=O) groups excluding carboxylic acids is 2. The second-order valence-corrected chi connectivity index (χ2v) is 18.0. The zero-order valence-corrected chi connectivity index (χ0v) is 43.3. The van der Waals surface area contributed by atoms with Crippen LogP contribution in [-0.4, -0.2) is 77.2 Å². The van der Waals surface area contributed by atoms with Gasteiger partial charge in [0, 0.05) is 65.0 Å². The van der Waals surface area contributed by atoms with Crippen LogP contribution in [0.15, 0.2) is 88.3 Å². The SMILES string of the molecule is C=C(CCCCCCCCCCCCCCCCCC(=O)O)OO.C=CCN(CC=C)C(=O)CCCCCCCCCCCCCCCCCCC(=O)N(CC=C)CC=C.C=CCNCC=C. The number of hydrogen-bond donors (Lipinski definition) is 3. The van der Waals surface area contributed by atoms with Gasteiger partial charge in [0.05, 0.1) is 0 Å². The lowest BCUT2D eigenvalue weighted by molar-refractivity contribution is -0.205. The van der Waals surface area contributed by atoms with E-state index in [1.54, 1.807) is 24.3 Å². The number of carboxylic acids is 1. The summed E-state index contributed by atoms with van der Waals surface area (Å²) in [6.07, 6.45) is 51.8. The molecule has 0 aromatic rings. The molecule has 9 heteroatoms. The highest BCUT2D eigenvalue weighted by molar-refractivity contribution is 5.76. The van der Waals surface area contributed by atoms with Crippen molar-refractivity contribution in [2.24, 2.45) is 0 Å². The van der Waals surface area contributed by atoms with Crippen LogP contribution in [-0.2, 0) is 19.3 Å². The Morgan fingerprint density at radius 2 is 0.597 bits per heavy atom. The second-order valence-electron chi connectivity index (χ2n) is 18.0. The molecule has 0 atom stereocenters. The molecule has 0 heterocycles. The average molecular weight is 940 g/mol. The smallest absolute Gasteiger partial charge is 0.303 e. The molecule has 0 saturated heterocycles. The molecule has 0 rings (SSSR count). The fourth-order valence-corrected chi connectivity index (χ4v) is 7.75. The Bertz CT molecular complexity index is 1120. The van der Waals surface area contributed by atoms with Gasteiger partial charge in [-0.1, -0.05) is 216 Å². The van der Waals surface area contributed by atoms with Gasteiger partial charge >= 0.3 is 5.97 Å². The number of aliphatic carboxylic acids is 1. The van der Waals surface area contributed by atoms with Gasteiger partial charge in [0.2, 0.25) is 11.8 Å². The Morgan fingerprint density at radius 3 is 0.806 bits per heavy atom. The van der Waals surface area contributed by atoms with Crippen LogP contribution >= 0.6 is 0 Å². The first-order valence-corrected chi connectivity index (χ1v) is 26.8. The van der Waals surface area contributed by atoms with E-state index in [4.69, 9.17) is 10.4 Å². The van der Waals surface area contributed by atoms with E-state index in [0.717, 1.165) is 64.5 Å². The van der Waals surface area contributed by atoms with Gasteiger partial charge in [-0.3, -0.25) is 14.4 Å². The van der Waals surface area contributed by atoms with Gasteiger partial charge in [-0.25, -0.2) is 5.26 Å². The van der Waals surface area contributed by atoms with Crippen molar-refractivity contribution in [1.29, 1.82) is 0 Å². The zero-order valence-electron chi connectivity index (χ0n) is 43.3. The van der Waals surface area contributed by atoms with E-state index in [0.29, 0.717) is 51.2 Å². The molecule has 0 unspecified atom stereocenters. The van der Waals surface area contributed by atoms with Crippen LogP contribution < -0.4 is 5.32 Å². The molecule has 0 radical (unpaired) electrons. The van der Waals surface area contributed by atoms with Crippen molar-refractivity contribution in [3.8, 4) is 0 Å². The first kappa shape index (κ1) is 67.6. The molecule has 0 fully saturated rings. The van der Waals surface area contributed by atoms with Gasteiger partial charge in [-0.05, 0) is 25.7 Å². The Labute approximate surface area is 413 Å². The molecule has 0 spiro atoms. The molecular weight excluding hydrogens is 835 g/mol. The average Bonchev–Trinajstić information content (AvgIpc) is 3.32. The minimum Gasteiger partial charge on any atom is -0.481 e. The largest absolute Gasteiger partial charge is 0.481 e. The van der Waals surface area contributed by atoms with Crippen LogP contribution in [0.5, 0.6) is 0 Å². The molecule has 3 N–H and O–H groups in total. The van der Waals surface area contributed by atoms with Gasteiger partial charge < -0.3 is 25.1 Å². The fourth-order valence-electron chi connectivity index (χ4n) is 7.75. The van der Waals surface area contributed by atoms with E-state index in [-0.39, 0.29) is 11.8 Å². The van der Waals surface area contributed by atoms with Crippen molar-refractivity contribution in [3.63, 3.8) is 0 Å². The van der Waals surface area contributed by atoms with Crippen molar-refractivity contribution >= 4 is 17.8 Å². The van der Waals surface area contributed by atoms with E-state index < -0.39 is 5.97 Å². The number of carbonyl (C=O) groups is 3. The molecule has 388 valence electrons. The lowest BCUT2D eigenvalue weighted by Crippen LogP contribution is -2.30. The summed E-state index contributed by atoms with van der Waals surface area (Å²) in [6.45, 7) is 29.7. The minimum atomic E-state index is -0.669. The van der Waals surface area contributed by atoms with E-state index in [1.165, 1.54) is 154 Å². The first-order valence-electron chi connectivity index (χ1n) is 26.8. The maximum absolute atomic E-state index is 12.2. The molecule has 9 nitrogen and oxygen atoms in total. The van der Waals surface area contributed by atoms with Crippen molar-refractivity contribution in [3.05, 3.63) is 88.3 Å². The van der Waals surface area contributed by atoms with Crippen molar-refractivity contribution in [2.75, 3.05) is 39.3 Å². The van der Waals surface area contributed by atoms with E-state index in [2.05, 4.69) is 56.3 Å². The summed E-state index contributed by atoms with van der Waals surface area (Å²) in [6, 6.07) is 0.